The number of carboxylic acids is 1. The number of amides is 1. The highest BCUT2D eigenvalue weighted by Gasteiger charge is 2.15. The average molecular weight is 290 g/mol. The van der Waals surface area contributed by atoms with Gasteiger partial charge in [-0.1, -0.05) is 6.07 Å². The third-order valence-corrected chi connectivity index (χ3v) is 3.92. The summed E-state index contributed by atoms with van der Waals surface area (Å²) in [4.78, 5) is 28.1. The first-order valence-electron chi connectivity index (χ1n) is 6.04. The number of nitrogens with one attached hydrogen (secondary N) is 1. The average Bonchev–Trinajstić information content (AvgIpc) is 2.91. The zero-order valence-electron chi connectivity index (χ0n) is 11.1. The van der Waals surface area contributed by atoms with Crippen molar-refractivity contribution in [3.05, 3.63) is 51.5 Å². The van der Waals surface area contributed by atoms with Gasteiger partial charge in [0.05, 0.1) is 17.3 Å². The largest absolute Gasteiger partial charge is 0.478 e. The van der Waals surface area contributed by atoms with Crippen LogP contribution in [0.15, 0.2) is 29.6 Å². The summed E-state index contributed by atoms with van der Waals surface area (Å²) in [6, 6.07) is 6.58. The molecule has 1 atom stereocenters. The van der Waals surface area contributed by atoms with Crippen LogP contribution in [0.3, 0.4) is 0 Å². The van der Waals surface area contributed by atoms with Crippen molar-refractivity contribution < 1.29 is 14.7 Å². The van der Waals surface area contributed by atoms with Crippen molar-refractivity contribution in [2.75, 3.05) is 0 Å². The minimum Gasteiger partial charge on any atom is -0.478 e. The van der Waals surface area contributed by atoms with E-state index in [0.717, 1.165) is 4.88 Å². The predicted molar refractivity (Wildman–Crippen MR) is 76.1 cm³/mol. The van der Waals surface area contributed by atoms with Gasteiger partial charge in [-0.2, -0.15) is 0 Å². The van der Waals surface area contributed by atoms with E-state index in [-0.39, 0.29) is 23.2 Å². The summed E-state index contributed by atoms with van der Waals surface area (Å²) in [6.45, 7) is 3.46. The number of carbonyl (C=O) groups excluding carboxylic acids is 1. The smallest absolute Gasteiger partial charge is 0.337 e. The van der Waals surface area contributed by atoms with Crippen molar-refractivity contribution in [1.82, 2.24) is 10.3 Å². The van der Waals surface area contributed by atoms with Gasteiger partial charge in [0.15, 0.2) is 0 Å². The van der Waals surface area contributed by atoms with Gasteiger partial charge in [0.25, 0.3) is 5.91 Å². The van der Waals surface area contributed by atoms with E-state index in [1.807, 2.05) is 24.4 Å². The molecule has 0 fully saturated rings. The summed E-state index contributed by atoms with van der Waals surface area (Å²) in [5.74, 6) is -1.36. The molecule has 0 bridgehead atoms. The number of carboxylic acid groups (broad SMARTS) is 1. The fourth-order valence-electron chi connectivity index (χ4n) is 1.79. The maximum Gasteiger partial charge on any atom is 0.337 e. The summed E-state index contributed by atoms with van der Waals surface area (Å²) in [7, 11) is 0. The van der Waals surface area contributed by atoms with Gasteiger partial charge in [-0.25, -0.2) is 9.78 Å². The number of aromatic nitrogens is 1. The minimum atomic E-state index is -1.05. The van der Waals surface area contributed by atoms with Gasteiger partial charge in [0.1, 0.15) is 5.69 Å². The standard InChI is InChI=1S/C14H14N2O3S/c1-8-10(14(18)19)5-6-11(15-8)13(17)16-9(2)12-4-3-7-20-12/h3-7,9H,1-2H3,(H,16,17)(H,18,19). The maximum absolute atomic E-state index is 12.1. The molecule has 5 nitrogen and oxygen atoms in total. The fraction of sp³-hybridized carbons (Fsp3) is 0.214. The molecule has 104 valence electrons. The van der Waals surface area contributed by atoms with Crippen LogP contribution in [-0.4, -0.2) is 22.0 Å². The van der Waals surface area contributed by atoms with E-state index in [0.29, 0.717) is 5.69 Å². The highest BCUT2D eigenvalue weighted by atomic mass is 32.1. The zero-order chi connectivity index (χ0) is 14.7. The van der Waals surface area contributed by atoms with E-state index in [4.69, 9.17) is 5.11 Å². The van der Waals surface area contributed by atoms with Gasteiger partial charge in [0.2, 0.25) is 0 Å². The van der Waals surface area contributed by atoms with E-state index in [9.17, 15) is 9.59 Å². The number of pyridine rings is 1. The Bertz CT molecular complexity index is 638. The van der Waals surface area contributed by atoms with E-state index in [1.54, 1.807) is 18.3 Å². The van der Waals surface area contributed by atoms with Crippen molar-refractivity contribution in [1.29, 1.82) is 0 Å². The van der Waals surface area contributed by atoms with Crippen LogP contribution in [0.4, 0.5) is 0 Å². The topological polar surface area (TPSA) is 79.3 Å². The van der Waals surface area contributed by atoms with Crippen LogP contribution in [0.1, 0.15) is 44.4 Å². The number of rotatable bonds is 4. The van der Waals surface area contributed by atoms with Crippen molar-refractivity contribution in [3.63, 3.8) is 0 Å². The summed E-state index contributed by atoms with van der Waals surface area (Å²) in [6.07, 6.45) is 0. The molecular weight excluding hydrogens is 276 g/mol. The lowest BCUT2D eigenvalue weighted by Gasteiger charge is -2.12. The Kier molecular flexibility index (Phi) is 4.14. The number of aromatic carboxylic acids is 1. The second-order valence-corrected chi connectivity index (χ2v) is 5.32. The molecule has 6 heteroatoms. The molecule has 20 heavy (non-hydrogen) atoms. The molecule has 1 amide bonds. The molecule has 0 aliphatic carbocycles. The number of thiophene rings is 1. The molecule has 0 radical (unpaired) electrons. The summed E-state index contributed by atoms with van der Waals surface area (Å²) < 4.78 is 0. The first-order chi connectivity index (χ1) is 9.49. The Morgan fingerprint density at radius 3 is 2.65 bits per heavy atom. The zero-order valence-corrected chi connectivity index (χ0v) is 11.9. The molecule has 2 aromatic heterocycles. The van der Waals surface area contributed by atoms with Gasteiger partial charge < -0.3 is 10.4 Å². The number of hydrogen-bond donors (Lipinski definition) is 2. The predicted octanol–water partition coefficient (Wildman–Crippen LogP) is 2.64. The molecule has 0 aromatic carbocycles. The molecule has 2 aromatic rings. The van der Waals surface area contributed by atoms with Crippen LogP contribution in [0, 0.1) is 6.92 Å². The van der Waals surface area contributed by atoms with Crippen molar-refractivity contribution in [2.45, 2.75) is 19.9 Å². The molecule has 0 aliphatic rings. The van der Waals surface area contributed by atoms with Crippen LogP contribution < -0.4 is 5.32 Å². The first-order valence-corrected chi connectivity index (χ1v) is 6.92. The summed E-state index contributed by atoms with van der Waals surface area (Å²) in [5, 5.41) is 13.7. The number of aryl methyl sites for hydroxylation is 1. The van der Waals surface area contributed by atoms with Crippen LogP contribution in [0.2, 0.25) is 0 Å². The van der Waals surface area contributed by atoms with Gasteiger partial charge in [-0.05, 0) is 37.4 Å². The highest BCUT2D eigenvalue weighted by molar-refractivity contribution is 7.10. The third kappa shape index (κ3) is 3.03. The summed E-state index contributed by atoms with van der Waals surface area (Å²) in [5.41, 5.74) is 0.651. The molecule has 0 aliphatic heterocycles. The summed E-state index contributed by atoms with van der Waals surface area (Å²) >= 11 is 1.56. The molecule has 2 heterocycles. The second kappa shape index (κ2) is 5.83. The normalized spacial score (nSPS) is 11.9. The van der Waals surface area contributed by atoms with Gasteiger partial charge >= 0.3 is 5.97 Å². The van der Waals surface area contributed by atoms with Crippen LogP contribution >= 0.6 is 11.3 Å². The lowest BCUT2D eigenvalue weighted by atomic mass is 10.2. The fourth-order valence-corrected chi connectivity index (χ4v) is 2.53. The monoisotopic (exact) mass is 290 g/mol. The highest BCUT2D eigenvalue weighted by Crippen LogP contribution is 2.18. The molecule has 1 unspecified atom stereocenters. The van der Waals surface area contributed by atoms with E-state index < -0.39 is 5.97 Å². The van der Waals surface area contributed by atoms with Crippen LogP contribution in [-0.2, 0) is 0 Å². The number of carbonyl (C=O) groups is 2. The Morgan fingerprint density at radius 2 is 2.10 bits per heavy atom. The SMILES string of the molecule is Cc1nc(C(=O)NC(C)c2cccs2)ccc1C(=O)O. The minimum absolute atomic E-state index is 0.104. The number of hydrogen-bond acceptors (Lipinski definition) is 4. The number of nitrogens with zero attached hydrogens (tertiary/aromatic N) is 1. The van der Waals surface area contributed by atoms with Gasteiger partial charge in [0, 0.05) is 4.88 Å². The maximum atomic E-state index is 12.1. The molecular formula is C14H14N2O3S. The Labute approximate surface area is 120 Å². The Hall–Kier alpha value is -2.21. The van der Waals surface area contributed by atoms with Crippen LogP contribution in [0.5, 0.6) is 0 Å². The van der Waals surface area contributed by atoms with Crippen molar-refractivity contribution >= 4 is 23.2 Å². The lowest BCUT2D eigenvalue weighted by Crippen LogP contribution is -2.27. The van der Waals surface area contributed by atoms with E-state index in [1.165, 1.54) is 12.1 Å². The molecule has 2 N–H and O–H groups in total. The van der Waals surface area contributed by atoms with Crippen molar-refractivity contribution in [2.24, 2.45) is 0 Å². The first kappa shape index (κ1) is 14.2. The lowest BCUT2D eigenvalue weighted by molar-refractivity contribution is 0.0694. The van der Waals surface area contributed by atoms with Crippen LogP contribution in [0.25, 0.3) is 0 Å². The molecule has 0 spiro atoms. The molecule has 0 saturated heterocycles. The molecule has 0 saturated carbocycles. The quantitative estimate of drug-likeness (QED) is 0.907. The van der Waals surface area contributed by atoms with Crippen molar-refractivity contribution in [3.8, 4) is 0 Å². The third-order valence-electron chi connectivity index (χ3n) is 2.87. The second-order valence-electron chi connectivity index (χ2n) is 4.35. The van der Waals surface area contributed by atoms with Gasteiger partial charge in [-0.15, -0.1) is 11.3 Å². The van der Waals surface area contributed by atoms with E-state index >= 15 is 0 Å². The van der Waals surface area contributed by atoms with Gasteiger partial charge in [-0.3, -0.25) is 4.79 Å². The molecule has 2 rings (SSSR count). The Morgan fingerprint density at radius 1 is 1.35 bits per heavy atom. The van der Waals surface area contributed by atoms with E-state index in [2.05, 4.69) is 10.3 Å². The Balaban J connectivity index is 2.14.